The molecule has 2 aliphatic rings. The van der Waals surface area contributed by atoms with Crippen LogP contribution in [0.4, 0.5) is 52.7 Å². The van der Waals surface area contributed by atoms with Crippen molar-refractivity contribution in [2.45, 2.75) is 24.7 Å². The van der Waals surface area contributed by atoms with Gasteiger partial charge in [0.25, 0.3) is 0 Å². The van der Waals surface area contributed by atoms with Crippen LogP contribution in [0.2, 0.25) is 0 Å². The normalized spacial score (nSPS) is 14.0. The van der Waals surface area contributed by atoms with E-state index in [4.69, 9.17) is 0 Å². The van der Waals surface area contributed by atoms with Gasteiger partial charge in [0.15, 0.2) is 11.6 Å². The van der Waals surface area contributed by atoms with E-state index >= 15 is 0 Å². The van der Waals surface area contributed by atoms with Crippen LogP contribution in [0.25, 0.3) is 33.4 Å². The van der Waals surface area contributed by atoms with E-state index in [1.807, 2.05) is 0 Å². The number of nitrogens with zero attached hydrogens (tertiary/aromatic N) is 12. The number of rotatable bonds is 2. The monoisotopic (exact) mass is 758 g/mol. The Kier molecular flexibility index (Phi) is 8.70. The van der Waals surface area contributed by atoms with Gasteiger partial charge in [-0.15, -0.1) is 0 Å². The smallest absolute Gasteiger partial charge is 0.204 e. The molecule has 12 nitrogen and oxygen atoms in total. The van der Waals surface area contributed by atoms with Crippen LogP contribution in [0.1, 0.15) is 57.2 Å². The van der Waals surface area contributed by atoms with E-state index in [0.29, 0.717) is 0 Å². The molecule has 2 heterocycles. The van der Waals surface area contributed by atoms with Gasteiger partial charge < -0.3 is 0 Å². The third-order valence-corrected chi connectivity index (χ3v) is 7.14. The average Bonchev–Trinajstić information content (AvgIpc) is 3.58. The molecular formula is C30H2F12N12. The quantitative estimate of drug-likeness (QED) is 0.199. The number of nitriles is 6. The third kappa shape index (κ3) is 6.14. The fraction of sp³-hybridized carbons (Fsp3) is 0.133. The zero-order chi connectivity index (χ0) is 40.3. The maximum absolute atomic E-state index is 13.7. The van der Waals surface area contributed by atoms with Gasteiger partial charge in [-0.05, 0) is 23.3 Å². The van der Waals surface area contributed by atoms with E-state index in [1.165, 1.54) is 36.4 Å². The zero-order valence-electron chi connectivity index (χ0n) is 25.1. The van der Waals surface area contributed by atoms with E-state index in [-0.39, 0.29) is 0 Å². The van der Waals surface area contributed by atoms with E-state index < -0.39 is 126 Å². The van der Waals surface area contributed by atoms with Crippen LogP contribution in [0.5, 0.6) is 0 Å². The predicted molar refractivity (Wildman–Crippen MR) is 147 cm³/mol. The van der Waals surface area contributed by atoms with Crippen LogP contribution < -0.4 is 0 Å². The molecule has 0 radical (unpaired) electrons. The highest BCUT2D eigenvalue weighted by Crippen LogP contribution is 2.54. The van der Waals surface area contributed by atoms with E-state index in [0.717, 1.165) is 12.1 Å². The van der Waals surface area contributed by atoms with Crippen LogP contribution in [-0.4, -0.2) is 29.9 Å². The summed E-state index contributed by atoms with van der Waals surface area (Å²) < 4.78 is 164. The second-order valence-electron chi connectivity index (χ2n) is 10.2. The van der Waals surface area contributed by atoms with Gasteiger partial charge in [-0.25, -0.2) is 29.9 Å². The molecule has 0 unspecified atom stereocenters. The van der Waals surface area contributed by atoms with Crippen LogP contribution in [0.3, 0.4) is 0 Å². The van der Waals surface area contributed by atoms with Crippen molar-refractivity contribution in [2.75, 3.05) is 0 Å². The van der Waals surface area contributed by atoms with Crippen molar-refractivity contribution >= 4 is 33.4 Å². The molecule has 0 spiro atoms. The van der Waals surface area contributed by atoms with Gasteiger partial charge in [0.1, 0.15) is 47.6 Å². The van der Waals surface area contributed by atoms with Gasteiger partial charge in [-0.1, -0.05) is 0 Å². The van der Waals surface area contributed by atoms with Crippen LogP contribution >= 0.6 is 0 Å². The number of halogens is 12. The predicted octanol–water partition coefficient (Wildman–Crippen LogP) is 6.63. The lowest BCUT2D eigenvalue weighted by atomic mass is 9.91. The second kappa shape index (κ2) is 12.5. The number of allylic oxidation sites excluding steroid dienone is 8. The van der Waals surface area contributed by atoms with Crippen molar-refractivity contribution in [3.05, 3.63) is 80.5 Å². The second-order valence-corrected chi connectivity index (χ2v) is 10.2. The number of alkyl halides is 12. The third-order valence-electron chi connectivity index (χ3n) is 7.14. The van der Waals surface area contributed by atoms with Gasteiger partial charge in [0.05, 0.1) is 11.1 Å². The minimum Gasteiger partial charge on any atom is -0.204 e. The molecule has 5 rings (SSSR count). The van der Waals surface area contributed by atoms with E-state index in [2.05, 4.69) is 29.9 Å². The van der Waals surface area contributed by atoms with Gasteiger partial charge in [0.2, 0.25) is 23.3 Å². The first-order valence-electron chi connectivity index (χ1n) is 13.4. The van der Waals surface area contributed by atoms with Gasteiger partial charge in [-0.3, -0.25) is 0 Å². The summed E-state index contributed by atoms with van der Waals surface area (Å²) in [6.45, 7) is 0. The Bertz CT molecular complexity index is 2340. The summed E-state index contributed by atoms with van der Waals surface area (Å²) in [6, 6.07) is 9.67. The van der Waals surface area contributed by atoms with Crippen molar-refractivity contribution in [3.8, 4) is 36.4 Å². The van der Waals surface area contributed by atoms with Gasteiger partial charge in [-0.2, -0.15) is 84.3 Å². The SMILES string of the molecule is N#CC(C#N)=C1C(c2nc(C(F)(F)F)nc(C(F)(F)F)n2)=C(C#N)c2cc3c(cc21)C(=C(C#N)C#N)C(c1nc(C(F)(F)F)nc(C(F)(F)F)n1)=C3C#N. The molecule has 0 aliphatic heterocycles. The topological polar surface area (TPSA) is 220 Å². The first-order valence-corrected chi connectivity index (χ1v) is 13.4. The minimum absolute atomic E-state index is 0.599. The molecule has 0 amide bonds. The molecule has 0 atom stereocenters. The summed E-state index contributed by atoms with van der Waals surface area (Å²) in [7, 11) is 0. The Morgan fingerprint density at radius 3 is 0.889 bits per heavy atom. The summed E-state index contributed by atoms with van der Waals surface area (Å²) in [5, 5.41) is 59.4. The number of hydrogen-bond acceptors (Lipinski definition) is 12. The largest absolute Gasteiger partial charge is 0.451 e. The maximum Gasteiger partial charge on any atom is 0.451 e. The number of fused-ring (bicyclic) bond motifs is 2. The Labute approximate surface area is 289 Å². The molecule has 0 saturated heterocycles. The molecule has 0 saturated carbocycles. The molecule has 0 bridgehead atoms. The van der Waals surface area contributed by atoms with Crippen molar-refractivity contribution in [1.82, 2.24) is 29.9 Å². The lowest BCUT2D eigenvalue weighted by molar-refractivity contribution is -0.156. The van der Waals surface area contributed by atoms with E-state index in [1.54, 1.807) is 0 Å². The average molecular weight is 758 g/mol. The van der Waals surface area contributed by atoms with Crippen LogP contribution in [-0.2, 0) is 24.7 Å². The summed E-state index contributed by atoms with van der Waals surface area (Å²) in [6.07, 6.45) is -22.7. The molecular weight excluding hydrogens is 756 g/mol. The van der Waals surface area contributed by atoms with Crippen molar-refractivity contribution < 1.29 is 52.7 Å². The van der Waals surface area contributed by atoms with Crippen molar-refractivity contribution in [2.24, 2.45) is 0 Å². The molecule has 3 aromatic rings. The Hall–Kier alpha value is -7.70. The highest BCUT2D eigenvalue weighted by atomic mass is 19.4. The first-order chi connectivity index (χ1) is 25.0. The maximum atomic E-state index is 13.7. The van der Waals surface area contributed by atoms with E-state index in [9.17, 15) is 84.3 Å². The summed E-state index contributed by atoms with van der Waals surface area (Å²) in [5.74, 6) is -12.8. The molecule has 266 valence electrons. The molecule has 2 aromatic heterocycles. The number of hydrogen-bond donors (Lipinski definition) is 0. The lowest BCUT2D eigenvalue weighted by Crippen LogP contribution is -2.21. The summed E-state index contributed by atoms with van der Waals surface area (Å²) >= 11 is 0. The van der Waals surface area contributed by atoms with Crippen molar-refractivity contribution in [3.63, 3.8) is 0 Å². The fourth-order valence-electron chi connectivity index (χ4n) is 5.17. The Morgan fingerprint density at radius 1 is 0.407 bits per heavy atom. The Morgan fingerprint density at radius 2 is 0.667 bits per heavy atom. The number of benzene rings is 1. The molecule has 0 N–H and O–H groups in total. The number of aromatic nitrogens is 6. The highest BCUT2D eigenvalue weighted by molar-refractivity contribution is 6.29. The van der Waals surface area contributed by atoms with Gasteiger partial charge in [0, 0.05) is 33.4 Å². The van der Waals surface area contributed by atoms with Crippen LogP contribution in [0, 0.1) is 68.0 Å². The van der Waals surface area contributed by atoms with Crippen LogP contribution in [0.15, 0.2) is 23.3 Å². The zero-order valence-corrected chi connectivity index (χ0v) is 25.1. The molecule has 1 aromatic carbocycles. The minimum atomic E-state index is -5.67. The standard InChI is InChI=1S/C30H2F12N12/c31-27(32,33)23-49-21(50-24(53-23)28(34,35)36)19-15(7-47)11-1-12-14(2-13(11)17(19)9(3-43)4-44)18(10(5-45)6-46)20(16(12)8-48)22-51-25(29(37,38)39)54-26(52-22)30(40,41)42/h1-2H. The fourth-order valence-corrected chi connectivity index (χ4v) is 5.17. The highest BCUT2D eigenvalue weighted by Gasteiger charge is 2.46. The Balaban J connectivity index is 1.97. The van der Waals surface area contributed by atoms with Gasteiger partial charge >= 0.3 is 24.7 Å². The molecule has 54 heavy (non-hydrogen) atoms. The summed E-state index contributed by atoms with van der Waals surface area (Å²) in [4.78, 5) is 16.7. The van der Waals surface area contributed by atoms with Crippen molar-refractivity contribution in [1.29, 1.82) is 31.6 Å². The first kappa shape index (κ1) is 37.6. The summed E-state index contributed by atoms with van der Waals surface area (Å²) in [5.41, 5.74) is -10.5. The molecule has 0 fully saturated rings. The lowest BCUT2D eigenvalue weighted by Gasteiger charge is -2.14. The molecule has 2 aliphatic carbocycles. The molecule has 24 heteroatoms.